The number of aliphatic hydroxyl groups is 2. The lowest BCUT2D eigenvalue weighted by molar-refractivity contribution is -0.146. The zero-order valence-corrected chi connectivity index (χ0v) is 44.9. The minimum Gasteiger partial charge on any atom is -0.465 e. The summed E-state index contributed by atoms with van der Waals surface area (Å²) >= 11 is 0. The molecule has 0 spiro atoms. The maximum absolute atomic E-state index is 12.8. The van der Waals surface area contributed by atoms with E-state index in [1.165, 1.54) is 180 Å². The molecule has 0 amide bonds. The SMILES string of the molecule is CCCCCCCCC(CCCCCCCC)COC(=O)CCCCCN(CCCO)CCCCN(CCCO)CCCCCC(=O)OCC(CCCCCCCC)CCCCCCCC. The van der Waals surface area contributed by atoms with Gasteiger partial charge in [0.25, 0.3) is 0 Å². The van der Waals surface area contributed by atoms with Crippen LogP contribution >= 0.6 is 0 Å². The van der Waals surface area contributed by atoms with Crippen LogP contribution in [0.25, 0.3) is 0 Å². The van der Waals surface area contributed by atoms with Gasteiger partial charge in [0.05, 0.1) is 13.2 Å². The molecule has 0 heterocycles. The second-order valence-corrected chi connectivity index (χ2v) is 20.5. The van der Waals surface area contributed by atoms with Gasteiger partial charge in [0.1, 0.15) is 0 Å². The summed E-state index contributed by atoms with van der Waals surface area (Å²) in [5.74, 6) is 0.982. The Kier molecular flexibility index (Phi) is 52.2. The van der Waals surface area contributed by atoms with Crippen molar-refractivity contribution in [2.24, 2.45) is 11.8 Å². The molecular weight excluding hydrogens is 821 g/mol. The Balaban J connectivity index is 4.54. The fraction of sp³-hybridized carbons (Fsp3) is 0.966. The van der Waals surface area contributed by atoms with E-state index in [-0.39, 0.29) is 25.2 Å². The molecule has 0 aliphatic heterocycles. The molecule has 0 saturated carbocycles. The van der Waals surface area contributed by atoms with E-state index >= 15 is 0 Å². The number of unbranched alkanes of at least 4 members (excludes halogenated alkanes) is 25. The normalized spacial score (nSPS) is 11.8. The summed E-state index contributed by atoms with van der Waals surface area (Å²) in [6.07, 6.45) is 47.0. The van der Waals surface area contributed by atoms with E-state index in [4.69, 9.17) is 9.47 Å². The van der Waals surface area contributed by atoms with E-state index in [1.807, 2.05) is 0 Å². The van der Waals surface area contributed by atoms with Crippen molar-refractivity contribution >= 4 is 11.9 Å². The Hall–Kier alpha value is -1.22. The van der Waals surface area contributed by atoms with Crippen LogP contribution < -0.4 is 0 Å². The molecule has 0 saturated heterocycles. The van der Waals surface area contributed by atoms with Crippen molar-refractivity contribution in [1.82, 2.24) is 9.80 Å². The molecule has 0 aliphatic carbocycles. The number of carbonyl (C=O) groups is 2. The third kappa shape index (κ3) is 46.5. The molecule has 394 valence electrons. The maximum Gasteiger partial charge on any atom is 0.305 e. The van der Waals surface area contributed by atoms with Crippen LogP contribution in [-0.2, 0) is 19.1 Å². The van der Waals surface area contributed by atoms with Gasteiger partial charge in [-0.25, -0.2) is 0 Å². The third-order valence-corrected chi connectivity index (χ3v) is 14.0. The van der Waals surface area contributed by atoms with Crippen molar-refractivity contribution in [3.63, 3.8) is 0 Å². The fourth-order valence-electron chi connectivity index (χ4n) is 9.53. The molecule has 0 aromatic carbocycles. The quantitative estimate of drug-likeness (QED) is 0.0460. The molecule has 0 bridgehead atoms. The number of ether oxygens (including phenoxy) is 2. The molecule has 0 atom stereocenters. The number of rotatable bonds is 55. The lowest BCUT2D eigenvalue weighted by atomic mass is 9.94. The Labute approximate surface area is 411 Å². The summed E-state index contributed by atoms with van der Waals surface area (Å²) in [7, 11) is 0. The minimum absolute atomic E-state index is 0.0207. The Bertz CT molecular complexity index is 875. The van der Waals surface area contributed by atoms with Crippen molar-refractivity contribution in [3.05, 3.63) is 0 Å². The van der Waals surface area contributed by atoms with Crippen LogP contribution in [0.15, 0.2) is 0 Å². The number of nitrogens with zero attached hydrogens (tertiary/aromatic N) is 2. The van der Waals surface area contributed by atoms with Gasteiger partial charge in [-0.3, -0.25) is 9.59 Å². The van der Waals surface area contributed by atoms with Gasteiger partial charge < -0.3 is 29.5 Å². The summed E-state index contributed by atoms with van der Waals surface area (Å²) < 4.78 is 11.7. The number of aliphatic hydroxyl groups excluding tert-OH is 2. The van der Waals surface area contributed by atoms with Gasteiger partial charge in [0.2, 0.25) is 0 Å². The van der Waals surface area contributed by atoms with Crippen molar-refractivity contribution in [1.29, 1.82) is 0 Å². The van der Waals surface area contributed by atoms with Crippen LogP contribution in [0.1, 0.15) is 285 Å². The van der Waals surface area contributed by atoms with E-state index in [1.54, 1.807) is 0 Å². The van der Waals surface area contributed by atoms with Gasteiger partial charge in [-0.05, 0) is 115 Å². The molecule has 0 aromatic heterocycles. The van der Waals surface area contributed by atoms with Crippen molar-refractivity contribution in [3.8, 4) is 0 Å². The summed E-state index contributed by atoms with van der Waals surface area (Å²) in [5, 5.41) is 19.1. The molecule has 0 aromatic rings. The largest absolute Gasteiger partial charge is 0.465 e. The first-order chi connectivity index (χ1) is 32.4. The first-order valence-electron chi connectivity index (χ1n) is 29.4. The molecular formula is C58H116N2O6. The molecule has 66 heavy (non-hydrogen) atoms. The Morgan fingerprint density at radius 2 is 0.576 bits per heavy atom. The zero-order chi connectivity index (χ0) is 48.2. The smallest absolute Gasteiger partial charge is 0.305 e. The van der Waals surface area contributed by atoms with Gasteiger partial charge in [-0.2, -0.15) is 0 Å². The monoisotopic (exact) mass is 937 g/mol. The summed E-state index contributed by atoms with van der Waals surface area (Å²) in [6, 6.07) is 0. The fourth-order valence-corrected chi connectivity index (χ4v) is 9.53. The number of esters is 2. The second kappa shape index (κ2) is 53.1. The van der Waals surface area contributed by atoms with Crippen LogP contribution in [-0.4, -0.2) is 97.6 Å². The second-order valence-electron chi connectivity index (χ2n) is 20.5. The van der Waals surface area contributed by atoms with E-state index in [0.29, 0.717) is 37.9 Å². The molecule has 0 fully saturated rings. The van der Waals surface area contributed by atoms with Gasteiger partial charge in [0, 0.05) is 39.1 Å². The molecule has 0 aliphatic rings. The standard InChI is InChI=1S/C58H116N2O6/c1-5-9-13-17-21-27-39-55(40-28-22-18-14-10-6-2)53-65-57(63)43-31-25-33-45-59(49-37-51-61)47-35-36-48-60(50-38-52-62)46-34-26-32-44-58(64)66-54-56(41-29-23-19-15-11-7-3)42-30-24-20-16-12-8-4/h55-56,61-62H,5-54H2,1-4H3. The Morgan fingerprint density at radius 1 is 0.333 bits per heavy atom. The first kappa shape index (κ1) is 64.8. The molecule has 0 rings (SSSR count). The predicted octanol–water partition coefficient (Wildman–Crippen LogP) is 15.6. The summed E-state index contributed by atoms with van der Waals surface area (Å²) in [6.45, 7) is 16.6. The highest BCUT2D eigenvalue weighted by Gasteiger charge is 2.15. The van der Waals surface area contributed by atoms with Crippen LogP contribution in [0.4, 0.5) is 0 Å². The zero-order valence-electron chi connectivity index (χ0n) is 44.9. The molecule has 2 N–H and O–H groups in total. The van der Waals surface area contributed by atoms with Gasteiger partial charge in [0.15, 0.2) is 0 Å². The van der Waals surface area contributed by atoms with E-state index in [0.717, 1.165) is 103 Å². The molecule has 8 heteroatoms. The summed E-state index contributed by atoms with van der Waals surface area (Å²) in [4.78, 5) is 30.5. The maximum atomic E-state index is 12.8. The van der Waals surface area contributed by atoms with E-state index < -0.39 is 0 Å². The van der Waals surface area contributed by atoms with Crippen molar-refractivity contribution < 1.29 is 29.3 Å². The highest BCUT2D eigenvalue weighted by molar-refractivity contribution is 5.69. The van der Waals surface area contributed by atoms with E-state index in [2.05, 4.69) is 37.5 Å². The minimum atomic E-state index is -0.0207. The van der Waals surface area contributed by atoms with Crippen LogP contribution in [0.5, 0.6) is 0 Å². The highest BCUT2D eigenvalue weighted by Crippen LogP contribution is 2.22. The number of hydrogen-bond acceptors (Lipinski definition) is 8. The molecule has 0 radical (unpaired) electrons. The summed E-state index contributed by atoms with van der Waals surface area (Å²) in [5.41, 5.74) is 0. The Morgan fingerprint density at radius 3 is 0.864 bits per heavy atom. The lowest BCUT2D eigenvalue weighted by Crippen LogP contribution is -2.30. The number of carbonyl (C=O) groups excluding carboxylic acids is 2. The van der Waals surface area contributed by atoms with Crippen molar-refractivity contribution in [2.45, 2.75) is 285 Å². The lowest BCUT2D eigenvalue weighted by Gasteiger charge is -2.24. The third-order valence-electron chi connectivity index (χ3n) is 14.0. The average molecular weight is 938 g/mol. The van der Waals surface area contributed by atoms with E-state index in [9.17, 15) is 19.8 Å². The van der Waals surface area contributed by atoms with Crippen LogP contribution in [0, 0.1) is 11.8 Å². The van der Waals surface area contributed by atoms with Gasteiger partial charge >= 0.3 is 11.9 Å². The molecule has 0 unspecified atom stereocenters. The topological polar surface area (TPSA) is 99.5 Å². The van der Waals surface area contributed by atoms with Gasteiger partial charge in [-0.15, -0.1) is 0 Å². The molecule has 8 nitrogen and oxygen atoms in total. The van der Waals surface area contributed by atoms with Gasteiger partial charge in [-0.1, -0.05) is 195 Å². The van der Waals surface area contributed by atoms with Crippen molar-refractivity contribution in [2.75, 3.05) is 65.7 Å². The average Bonchev–Trinajstić information content (AvgIpc) is 3.32. The number of hydrogen-bond donors (Lipinski definition) is 2. The van der Waals surface area contributed by atoms with Crippen LogP contribution in [0.2, 0.25) is 0 Å². The first-order valence-corrected chi connectivity index (χ1v) is 29.4. The highest BCUT2D eigenvalue weighted by atomic mass is 16.5. The van der Waals surface area contributed by atoms with Crippen LogP contribution in [0.3, 0.4) is 0 Å². The predicted molar refractivity (Wildman–Crippen MR) is 283 cm³/mol.